The van der Waals surface area contributed by atoms with Crippen molar-refractivity contribution in [3.05, 3.63) is 23.8 Å². The Hall–Kier alpha value is -2.44. The summed E-state index contributed by atoms with van der Waals surface area (Å²) in [4.78, 5) is 23.0. The van der Waals surface area contributed by atoms with Crippen LogP contribution < -0.4 is 5.32 Å². The molecule has 1 atom stereocenters. The molecule has 0 fully saturated rings. The van der Waals surface area contributed by atoms with Gasteiger partial charge in [0.2, 0.25) is 0 Å². The molecule has 2 aromatic rings. The van der Waals surface area contributed by atoms with E-state index in [9.17, 15) is 9.59 Å². The van der Waals surface area contributed by atoms with E-state index in [1.807, 2.05) is 0 Å². The summed E-state index contributed by atoms with van der Waals surface area (Å²) in [5.74, 6) is -1.69. The standard InChI is InChI=1S/C12H14N4O3/c1-6(2)10(12(18)19)13-11(17)7-3-4-8-9(5-7)15-16-14-8/h3-6,10H,1-2H3,(H,13,17)(H,18,19)(H,14,15,16). The molecule has 0 aliphatic heterocycles. The topological polar surface area (TPSA) is 108 Å². The number of aromatic amines is 1. The molecular weight excluding hydrogens is 248 g/mol. The summed E-state index contributed by atoms with van der Waals surface area (Å²) in [7, 11) is 0. The van der Waals surface area contributed by atoms with E-state index in [1.165, 1.54) is 0 Å². The van der Waals surface area contributed by atoms with E-state index >= 15 is 0 Å². The Labute approximate surface area is 109 Å². The lowest BCUT2D eigenvalue weighted by Crippen LogP contribution is -2.44. The fraction of sp³-hybridized carbons (Fsp3) is 0.333. The third-order valence-electron chi connectivity index (χ3n) is 2.80. The normalized spacial score (nSPS) is 12.6. The Morgan fingerprint density at radius 3 is 2.58 bits per heavy atom. The van der Waals surface area contributed by atoms with E-state index in [1.54, 1.807) is 32.0 Å². The number of carboxylic acids is 1. The third-order valence-corrected chi connectivity index (χ3v) is 2.80. The Kier molecular flexibility index (Phi) is 3.46. The quantitative estimate of drug-likeness (QED) is 0.755. The van der Waals surface area contributed by atoms with Crippen molar-refractivity contribution in [2.45, 2.75) is 19.9 Å². The molecule has 0 bridgehead atoms. The highest BCUT2D eigenvalue weighted by atomic mass is 16.4. The molecule has 0 radical (unpaired) electrons. The molecule has 0 spiro atoms. The number of benzene rings is 1. The molecule has 0 aliphatic rings. The summed E-state index contributed by atoms with van der Waals surface area (Å²) < 4.78 is 0. The molecule has 2 rings (SSSR count). The van der Waals surface area contributed by atoms with Gasteiger partial charge in [0.15, 0.2) is 0 Å². The molecule has 7 nitrogen and oxygen atoms in total. The molecule has 7 heteroatoms. The highest BCUT2D eigenvalue weighted by Crippen LogP contribution is 2.11. The van der Waals surface area contributed by atoms with Gasteiger partial charge in [-0.05, 0) is 24.1 Å². The van der Waals surface area contributed by atoms with Gasteiger partial charge in [0.25, 0.3) is 5.91 Å². The molecule has 1 unspecified atom stereocenters. The zero-order valence-corrected chi connectivity index (χ0v) is 10.5. The summed E-state index contributed by atoms with van der Waals surface area (Å²) in [6.45, 7) is 3.47. The Morgan fingerprint density at radius 1 is 1.26 bits per heavy atom. The first-order chi connectivity index (χ1) is 8.99. The maximum absolute atomic E-state index is 12.0. The fourth-order valence-electron chi connectivity index (χ4n) is 1.72. The Balaban J connectivity index is 2.21. The second-order valence-electron chi connectivity index (χ2n) is 4.56. The van der Waals surface area contributed by atoms with Crippen LogP contribution in [-0.2, 0) is 4.79 Å². The minimum Gasteiger partial charge on any atom is -0.480 e. The predicted octanol–water partition coefficient (Wildman–Crippen LogP) is 0.797. The molecule has 0 aliphatic carbocycles. The molecule has 100 valence electrons. The van der Waals surface area contributed by atoms with E-state index in [0.717, 1.165) is 0 Å². The van der Waals surface area contributed by atoms with Gasteiger partial charge in [-0.25, -0.2) is 4.79 Å². The number of nitrogens with zero attached hydrogens (tertiary/aromatic N) is 2. The highest BCUT2D eigenvalue weighted by Gasteiger charge is 2.24. The number of H-pyrrole nitrogens is 1. The van der Waals surface area contributed by atoms with Gasteiger partial charge in [-0.1, -0.05) is 13.8 Å². The molecule has 0 saturated heterocycles. The predicted molar refractivity (Wildman–Crippen MR) is 67.6 cm³/mol. The number of amides is 1. The van der Waals surface area contributed by atoms with E-state index in [-0.39, 0.29) is 5.92 Å². The minimum absolute atomic E-state index is 0.197. The van der Waals surface area contributed by atoms with E-state index in [0.29, 0.717) is 16.6 Å². The molecule has 1 heterocycles. The van der Waals surface area contributed by atoms with Crippen molar-refractivity contribution in [3.8, 4) is 0 Å². The van der Waals surface area contributed by atoms with Crippen molar-refractivity contribution in [2.75, 3.05) is 0 Å². The van der Waals surface area contributed by atoms with E-state index < -0.39 is 17.9 Å². The van der Waals surface area contributed by atoms with Crippen LogP contribution in [0.2, 0.25) is 0 Å². The third kappa shape index (κ3) is 2.70. The van der Waals surface area contributed by atoms with Crippen LogP contribution in [0.5, 0.6) is 0 Å². The molecule has 19 heavy (non-hydrogen) atoms. The van der Waals surface area contributed by atoms with Crippen LogP contribution >= 0.6 is 0 Å². The summed E-state index contributed by atoms with van der Waals surface area (Å²) >= 11 is 0. The summed E-state index contributed by atoms with van der Waals surface area (Å²) in [5.41, 5.74) is 1.56. The van der Waals surface area contributed by atoms with Gasteiger partial charge in [-0.3, -0.25) is 4.79 Å². The van der Waals surface area contributed by atoms with Gasteiger partial charge >= 0.3 is 5.97 Å². The molecule has 0 saturated carbocycles. The van der Waals surface area contributed by atoms with Crippen LogP contribution in [0.25, 0.3) is 11.0 Å². The first-order valence-electron chi connectivity index (χ1n) is 5.83. The van der Waals surface area contributed by atoms with Gasteiger partial charge in [-0.2, -0.15) is 15.4 Å². The summed E-state index contributed by atoms with van der Waals surface area (Å²) in [5, 5.41) is 21.7. The molecular formula is C12H14N4O3. The van der Waals surface area contributed by atoms with E-state index in [4.69, 9.17) is 5.11 Å². The maximum atomic E-state index is 12.0. The molecule has 3 N–H and O–H groups in total. The number of rotatable bonds is 4. The van der Waals surface area contributed by atoms with Crippen LogP contribution in [0, 0.1) is 5.92 Å². The zero-order chi connectivity index (χ0) is 14.0. The first kappa shape index (κ1) is 13.0. The molecule has 1 aromatic heterocycles. The van der Waals surface area contributed by atoms with Gasteiger partial charge in [0.05, 0.1) is 0 Å². The average molecular weight is 262 g/mol. The van der Waals surface area contributed by atoms with E-state index in [2.05, 4.69) is 20.7 Å². The van der Waals surface area contributed by atoms with Crippen molar-refractivity contribution in [3.63, 3.8) is 0 Å². The number of nitrogens with one attached hydrogen (secondary N) is 2. The number of carboxylic acid groups (broad SMARTS) is 1. The highest BCUT2D eigenvalue weighted by molar-refractivity contribution is 5.99. The molecule has 1 aromatic carbocycles. The molecule has 1 amide bonds. The fourth-order valence-corrected chi connectivity index (χ4v) is 1.72. The number of fused-ring (bicyclic) bond motifs is 1. The Morgan fingerprint density at radius 2 is 1.95 bits per heavy atom. The van der Waals surface area contributed by atoms with Crippen LogP contribution in [0.3, 0.4) is 0 Å². The maximum Gasteiger partial charge on any atom is 0.326 e. The number of aromatic nitrogens is 3. The van der Waals surface area contributed by atoms with Crippen LogP contribution in [-0.4, -0.2) is 38.4 Å². The van der Waals surface area contributed by atoms with Crippen LogP contribution in [0.4, 0.5) is 0 Å². The van der Waals surface area contributed by atoms with Crippen LogP contribution in [0.15, 0.2) is 18.2 Å². The monoisotopic (exact) mass is 262 g/mol. The number of carbonyl (C=O) groups is 2. The number of aliphatic carboxylic acids is 1. The zero-order valence-electron chi connectivity index (χ0n) is 10.5. The second kappa shape index (κ2) is 5.05. The van der Waals surface area contributed by atoms with Gasteiger partial charge in [-0.15, -0.1) is 0 Å². The van der Waals surface area contributed by atoms with Crippen molar-refractivity contribution in [2.24, 2.45) is 5.92 Å². The SMILES string of the molecule is CC(C)C(NC(=O)c1ccc2n[nH]nc2c1)C(=O)O. The lowest BCUT2D eigenvalue weighted by atomic mass is 10.0. The van der Waals surface area contributed by atoms with Crippen molar-refractivity contribution in [1.29, 1.82) is 0 Å². The number of hydrogen-bond acceptors (Lipinski definition) is 4. The van der Waals surface area contributed by atoms with Gasteiger partial charge in [0, 0.05) is 5.56 Å². The first-order valence-corrected chi connectivity index (χ1v) is 5.83. The Bertz CT molecular complexity index is 620. The lowest BCUT2D eigenvalue weighted by Gasteiger charge is -2.17. The smallest absolute Gasteiger partial charge is 0.326 e. The number of hydrogen-bond donors (Lipinski definition) is 3. The van der Waals surface area contributed by atoms with Crippen molar-refractivity contribution in [1.82, 2.24) is 20.7 Å². The van der Waals surface area contributed by atoms with Crippen LogP contribution in [0.1, 0.15) is 24.2 Å². The van der Waals surface area contributed by atoms with Gasteiger partial charge < -0.3 is 10.4 Å². The average Bonchev–Trinajstić information content (AvgIpc) is 2.81. The summed E-state index contributed by atoms with van der Waals surface area (Å²) in [6, 6.07) is 3.88. The minimum atomic E-state index is -1.05. The lowest BCUT2D eigenvalue weighted by molar-refractivity contribution is -0.140. The largest absolute Gasteiger partial charge is 0.480 e. The van der Waals surface area contributed by atoms with Crippen molar-refractivity contribution < 1.29 is 14.7 Å². The summed E-state index contributed by atoms with van der Waals surface area (Å²) in [6.07, 6.45) is 0. The number of carbonyl (C=O) groups excluding carboxylic acids is 1. The van der Waals surface area contributed by atoms with Gasteiger partial charge in [0.1, 0.15) is 17.1 Å². The van der Waals surface area contributed by atoms with Crippen molar-refractivity contribution >= 4 is 22.9 Å². The second-order valence-corrected chi connectivity index (χ2v) is 4.56.